The molecule has 0 bridgehead atoms. The lowest BCUT2D eigenvalue weighted by atomic mass is 10.2. The zero-order valence-corrected chi connectivity index (χ0v) is 13.6. The van der Waals surface area contributed by atoms with Gasteiger partial charge in [-0.1, -0.05) is 6.07 Å². The third-order valence-electron chi connectivity index (χ3n) is 4.91. The first-order valence-electron chi connectivity index (χ1n) is 8.39. The Hall–Kier alpha value is -2.21. The number of carbonyl (C=O) groups excluding carboxylic acids is 1. The fraction of sp³-hybridized carbons (Fsp3) is 0.444. The van der Waals surface area contributed by atoms with E-state index in [4.69, 9.17) is 0 Å². The van der Waals surface area contributed by atoms with Crippen molar-refractivity contribution in [1.29, 1.82) is 0 Å². The number of aliphatic hydroxyl groups excluding tert-OH is 1. The summed E-state index contributed by atoms with van der Waals surface area (Å²) in [6.45, 7) is 2.73. The molecule has 0 spiro atoms. The predicted octanol–water partition coefficient (Wildman–Crippen LogP) is 2.02. The van der Waals surface area contributed by atoms with Crippen molar-refractivity contribution < 1.29 is 14.3 Å². The molecular formula is C18H20FN3O2. The number of amides is 1. The topological polar surface area (TPSA) is 58.4 Å². The van der Waals surface area contributed by atoms with Crippen LogP contribution in [-0.4, -0.2) is 44.9 Å². The van der Waals surface area contributed by atoms with Crippen LogP contribution in [0.5, 0.6) is 0 Å². The maximum Gasteiger partial charge on any atom is 0.274 e. The Bertz CT molecular complexity index is 815. The summed E-state index contributed by atoms with van der Waals surface area (Å²) in [6.07, 6.45) is 2.68. The van der Waals surface area contributed by atoms with Gasteiger partial charge in [0.2, 0.25) is 0 Å². The van der Waals surface area contributed by atoms with E-state index in [1.807, 2.05) is 13.0 Å². The van der Waals surface area contributed by atoms with Gasteiger partial charge in [-0.3, -0.25) is 4.79 Å². The molecule has 1 N–H and O–H groups in total. The highest BCUT2D eigenvalue weighted by Gasteiger charge is 2.32. The van der Waals surface area contributed by atoms with Crippen LogP contribution in [0.4, 0.5) is 4.39 Å². The zero-order chi connectivity index (χ0) is 16.8. The molecule has 1 atom stereocenters. The molecular weight excluding hydrogens is 309 g/mol. The average Bonchev–Trinajstić information content (AvgIpc) is 3.23. The first-order chi connectivity index (χ1) is 11.5. The van der Waals surface area contributed by atoms with Crippen LogP contribution in [0.15, 0.2) is 18.2 Å². The highest BCUT2D eigenvalue weighted by Crippen LogP contribution is 2.30. The summed E-state index contributed by atoms with van der Waals surface area (Å²) < 4.78 is 16.0. The third-order valence-corrected chi connectivity index (χ3v) is 4.91. The second kappa shape index (κ2) is 5.70. The number of likely N-dealkylation sites (tertiary alicyclic amines) is 1. The molecule has 1 aromatic carbocycles. The Kier molecular flexibility index (Phi) is 3.64. The number of rotatable bonds is 2. The molecule has 1 aliphatic carbocycles. The van der Waals surface area contributed by atoms with Crippen LogP contribution in [0.1, 0.15) is 40.2 Å². The lowest BCUT2D eigenvalue weighted by Gasteiger charge is -2.14. The Morgan fingerprint density at radius 2 is 2.21 bits per heavy atom. The minimum absolute atomic E-state index is 0.157. The molecule has 24 heavy (non-hydrogen) atoms. The van der Waals surface area contributed by atoms with Gasteiger partial charge >= 0.3 is 0 Å². The third kappa shape index (κ3) is 2.41. The number of nitrogens with zero attached hydrogens (tertiary/aromatic N) is 3. The molecule has 126 valence electrons. The van der Waals surface area contributed by atoms with Crippen molar-refractivity contribution in [2.45, 2.75) is 38.7 Å². The van der Waals surface area contributed by atoms with E-state index < -0.39 is 6.10 Å². The molecule has 6 heteroatoms. The quantitative estimate of drug-likeness (QED) is 0.917. The number of aryl methyl sites for hydroxylation is 1. The van der Waals surface area contributed by atoms with Crippen molar-refractivity contribution in [2.75, 3.05) is 13.1 Å². The lowest BCUT2D eigenvalue weighted by molar-refractivity contribution is 0.0757. The minimum Gasteiger partial charge on any atom is -0.391 e. The first-order valence-corrected chi connectivity index (χ1v) is 8.39. The van der Waals surface area contributed by atoms with Crippen molar-refractivity contribution in [2.24, 2.45) is 0 Å². The number of carbonyl (C=O) groups is 1. The maximum absolute atomic E-state index is 14.4. The number of aromatic nitrogens is 2. The van der Waals surface area contributed by atoms with Crippen LogP contribution >= 0.6 is 0 Å². The molecule has 0 unspecified atom stereocenters. The Morgan fingerprint density at radius 1 is 1.38 bits per heavy atom. The van der Waals surface area contributed by atoms with Gasteiger partial charge < -0.3 is 10.0 Å². The molecule has 2 heterocycles. The van der Waals surface area contributed by atoms with E-state index in [1.165, 1.54) is 6.07 Å². The second-order valence-corrected chi connectivity index (χ2v) is 6.69. The monoisotopic (exact) mass is 329 g/mol. The average molecular weight is 329 g/mol. The van der Waals surface area contributed by atoms with E-state index >= 15 is 0 Å². The summed E-state index contributed by atoms with van der Waals surface area (Å²) in [7, 11) is 0. The molecule has 1 amide bonds. The summed E-state index contributed by atoms with van der Waals surface area (Å²) in [6, 6.07) is 5.04. The Morgan fingerprint density at radius 3 is 2.92 bits per heavy atom. The van der Waals surface area contributed by atoms with Gasteiger partial charge in [-0.25, -0.2) is 9.07 Å². The number of β-amino-alcohol motifs (C(OH)–C–C–N with tert-alkyl or cyclic N) is 1. The number of hydrogen-bond donors (Lipinski definition) is 1. The lowest BCUT2D eigenvalue weighted by Crippen LogP contribution is -2.30. The summed E-state index contributed by atoms with van der Waals surface area (Å²) >= 11 is 0. The summed E-state index contributed by atoms with van der Waals surface area (Å²) in [5.41, 5.74) is 3.51. The predicted molar refractivity (Wildman–Crippen MR) is 86.8 cm³/mol. The zero-order valence-electron chi connectivity index (χ0n) is 13.6. The van der Waals surface area contributed by atoms with Gasteiger partial charge in [0.15, 0.2) is 5.69 Å². The summed E-state index contributed by atoms with van der Waals surface area (Å²) in [5.74, 6) is -0.487. The maximum atomic E-state index is 14.4. The fourth-order valence-corrected chi connectivity index (χ4v) is 3.67. The molecule has 0 saturated carbocycles. The minimum atomic E-state index is -0.460. The molecule has 2 aromatic rings. The molecule has 5 nitrogen and oxygen atoms in total. The molecule has 2 aliphatic rings. The molecule has 0 radical (unpaired) electrons. The van der Waals surface area contributed by atoms with Crippen molar-refractivity contribution in [3.05, 3.63) is 46.5 Å². The van der Waals surface area contributed by atoms with Crippen molar-refractivity contribution in [3.8, 4) is 5.69 Å². The van der Waals surface area contributed by atoms with Crippen LogP contribution in [-0.2, 0) is 12.8 Å². The van der Waals surface area contributed by atoms with Crippen molar-refractivity contribution in [3.63, 3.8) is 0 Å². The van der Waals surface area contributed by atoms with Gasteiger partial charge in [0, 0.05) is 24.3 Å². The smallest absolute Gasteiger partial charge is 0.274 e. The van der Waals surface area contributed by atoms with Gasteiger partial charge in [0.05, 0.1) is 6.10 Å². The van der Waals surface area contributed by atoms with Gasteiger partial charge in [0.1, 0.15) is 11.5 Å². The van der Waals surface area contributed by atoms with Crippen LogP contribution in [0, 0.1) is 12.7 Å². The summed E-state index contributed by atoms with van der Waals surface area (Å²) in [4.78, 5) is 14.4. The van der Waals surface area contributed by atoms with Crippen LogP contribution < -0.4 is 0 Å². The normalized spacial score (nSPS) is 19.8. The van der Waals surface area contributed by atoms with E-state index in [0.29, 0.717) is 30.9 Å². The second-order valence-electron chi connectivity index (χ2n) is 6.69. The van der Waals surface area contributed by atoms with E-state index in [1.54, 1.807) is 15.6 Å². The van der Waals surface area contributed by atoms with Gasteiger partial charge in [-0.2, -0.15) is 5.10 Å². The largest absolute Gasteiger partial charge is 0.391 e. The van der Waals surface area contributed by atoms with Crippen molar-refractivity contribution >= 4 is 5.91 Å². The standard InChI is InChI=1S/C18H20FN3O2/c1-11-5-6-16(14(19)9-11)22-15-4-2-3-13(15)17(20-22)18(24)21-8-7-12(23)10-21/h5-6,9,12,23H,2-4,7-8,10H2,1H3/t12-/m1/s1. The highest BCUT2D eigenvalue weighted by atomic mass is 19.1. The number of benzene rings is 1. The van der Waals surface area contributed by atoms with E-state index in [9.17, 15) is 14.3 Å². The van der Waals surface area contributed by atoms with E-state index in [2.05, 4.69) is 5.10 Å². The Labute approximate surface area is 139 Å². The molecule has 1 fully saturated rings. The van der Waals surface area contributed by atoms with E-state index in [0.717, 1.165) is 36.1 Å². The van der Waals surface area contributed by atoms with Crippen molar-refractivity contribution in [1.82, 2.24) is 14.7 Å². The van der Waals surface area contributed by atoms with E-state index in [-0.39, 0.29) is 11.7 Å². The first kappa shape index (κ1) is 15.3. The van der Waals surface area contributed by atoms with Gasteiger partial charge in [0.25, 0.3) is 5.91 Å². The van der Waals surface area contributed by atoms with Crippen LogP contribution in [0.2, 0.25) is 0 Å². The molecule has 4 rings (SSSR count). The fourth-order valence-electron chi connectivity index (χ4n) is 3.67. The molecule has 1 saturated heterocycles. The number of hydrogen-bond acceptors (Lipinski definition) is 3. The summed E-state index contributed by atoms with van der Waals surface area (Å²) in [5, 5.41) is 14.1. The molecule has 1 aromatic heterocycles. The SMILES string of the molecule is Cc1ccc(-n2nc(C(=O)N3CC[C@@H](O)C3)c3c2CCC3)c(F)c1. The molecule has 1 aliphatic heterocycles. The Balaban J connectivity index is 1.76. The number of fused-ring (bicyclic) bond motifs is 1. The van der Waals surface area contributed by atoms with Gasteiger partial charge in [-0.05, 0) is 50.3 Å². The number of halogens is 1. The van der Waals surface area contributed by atoms with Crippen LogP contribution in [0.25, 0.3) is 5.69 Å². The van der Waals surface area contributed by atoms with Crippen LogP contribution in [0.3, 0.4) is 0 Å². The highest BCUT2D eigenvalue weighted by molar-refractivity contribution is 5.94. The number of aliphatic hydroxyl groups is 1. The van der Waals surface area contributed by atoms with Gasteiger partial charge in [-0.15, -0.1) is 0 Å².